The molecule has 120 valence electrons. The summed E-state index contributed by atoms with van der Waals surface area (Å²) in [6.07, 6.45) is 1.72. The van der Waals surface area contributed by atoms with Gasteiger partial charge in [-0.15, -0.1) is 0 Å². The maximum Gasteiger partial charge on any atom is 0.308 e. The number of hydrogen-bond donors (Lipinski definition) is 2. The van der Waals surface area contributed by atoms with Crippen molar-refractivity contribution in [3.05, 3.63) is 35.4 Å². The summed E-state index contributed by atoms with van der Waals surface area (Å²) in [4.78, 5) is 23.0. The van der Waals surface area contributed by atoms with E-state index in [-0.39, 0.29) is 24.3 Å². The molecule has 1 fully saturated rings. The van der Waals surface area contributed by atoms with Crippen LogP contribution in [0.2, 0.25) is 0 Å². The molecule has 0 radical (unpaired) electrons. The second kappa shape index (κ2) is 6.85. The Morgan fingerprint density at radius 3 is 2.73 bits per heavy atom. The first-order valence-electron chi connectivity index (χ1n) is 7.39. The van der Waals surface area contributed by atoms with Gasteiger partial charge in [-0.1, -0.05) is 19.4 Å². The summed E-state index contributed by atoms with van der Waals surface area (Å²) in [6, 6.07) is 3.34. The van der Waals surface area contributed by atoms with Crippen LogP contribution in [0.15, 0.2) is 18.2 Å². The van der Waals surface area contributed by atoms with Crippen molar-refractivity contribution in [1.29, 1.82) is 0 Å². The highest BCUT2D eigenvalue weighted by Crippen LogP contribution is 2.48. The van der Waals surface area contributed by atoms with Gasteiger partial charge in [-0.25, -0.2) is 8.78 Å². The molecule has 3 atom stereocenters. The Balaban J connectivity index is 1.89. The van der Waals surface area contributed by atoms with Crippen molar-refractivity contribution in [3.8, 4) is 0 Å². The lowest BCUT2D eigenvalue weighted by atomic mass is 10.0. The van der Waals surface area contributed by atoms with Gasteiger partial charge < -0.3 is 10.4 Å². The number of halogens is 2. The molecule has 1 amide bonds. The van der Waals surface area contributed by atoms with Crippen LogP contribution in [-0.2, 0) is 9.59 Å². The van der Waals surface area contributed by atoms with Gasteiger partial charge in [0.15, 0.2) is 0 Å². The zero-order valence-electron chi connectivity index (χ0n) is 12.3. The molecule has 4 nitrogen and oxygen atoms in total. The third-order valence-corrected chi connectivity index (χ3v) is 4.00. The number of hydrogen-bond acceptors (Lipinski definition) is 2. The lowest BCUT2D eigenvalue weighted by Crippen LogP contribution is -2.34. The topological polar surface area (TPSA) is 66.4 Å². The Kier molecular flexibility index (Phi) is 5.11. The molecule has 3 unspecified atom stereocenters. The highest BCUT2D eigenvalue weighted by Gasteiger charge is 2.45. The van der Waals surface area contributed by atoms with Crippen LogP contribution in [0.4, 0.5) is 8.78 Å². The van der Waals surface area contributed by atoms with Crippen molar-refractivity contribution in [3.63, 3.8) is 0 Å². The van der Waals surface area contributed by atoms with Crippen LogP contribution in [0.1, 0.15) is 37.7 Å². The van der Waals surface area contributed by atoms with Gasteiger partial charge in [-0.2, -0.15) is 0 Å². The van der Waals surface area contributed by atoms with Gasteiger partial charge >= 0.3 is 5.97 Å². The van der Waals surface area contributed by atoms with E-state index in [9.17, 15) is 18.4 Å². The van der Waals surface area contributed by atoms with Crippen LogP contribution in [0.5, 0.6) is 0 Å². The first-order valence-corrected chi connectivity index (χ1v) is 7.39. The van der Waals surface area contributed by atoms with E-state index in [1.165, 1.54) is 12.1 Å². The third kappa shape index (κ3) is 3.81. The molecular weight excluding hydrogens is 292 g/mol. The lowest BCUT2D eigenvalue weighted by Gasteiger charge is -2.12. The fourth-order valence-electron chi connectivity index (χ4n) is 2.65. The number of aliphatic carboxylic acids is 1. The molecular formula is C16H19F2NO3. The van der Waals surface area contributed by atoms with E-state index in [0.717, 1.165) is 12.5 Å². The summed E-state index contributed by atoms with van der Waals surface area (Å²) >= 11 is 0. The average molecular weight is 311 g/mol. The van der Waals surface area contributed by atoms with E-state index in [1.807, 2.05) is 6.92 Å². The maximum absolute atomic E-state index is 13.6. The smallest absolute Gasteiger partial charge is 0.308 e. The summed E-state index contributed by atoms with van der Waals surface area (Å²) in [5, 5.41) is 11.7. The van der Waals surface area contributed by atoms with Crippen molar-refractivity contribution in [2.75, 3.05) is 6.54 Å². The zero-order valence-corrected chi connectivity index (χ0v) is 12.3. The molecule has 1 saturated carbocycles. The minimum absolute atomic E-state index is 0.0805. The van der Waals surface area contributed by atoms with Crippen molar-refractivity contribution < 1.29 is 23.5 Å². The number of benzene rings is 1. The second-order valence-corrected chi connectivity index (χ2v) is 5.68. The Bertz CT molecular complexity index is 577. The molecule has 0 bridgehead atoms. The molecule has 2 rings (SSSR count). The van der Waals surface area contributed by atoms with E-state index in [1.54, 1.807) is 0 Å². The minimum atomic E-state index is -0.931. The highest BCUT2D eigenvalue weighted by molar-refractivity contribution is 5.83. The fraction of sp³-hybridized carbons (Fsp3) is 0.500. The molecule has 1 aliphatic rings. The Morgan fingerprint density at radius 1 is 1.41 bits per heavy atom. The SMILES string of the molecule is CCCC(CNC(=O)C1CC1c1ccc(F)cc1F)C(=O)O. The molecule has 2 N–H and O–H groups in total. The van der Waals surface area contributed by atoms with E-state index in [2.05, 4.69) is 5.32 Å². The number of amides is 1. The standard InChI is InChI=1S/C16H19F2NO3/c1-2-3-9(16(21)22)8-19-15(20)13-7-12(13)11-5-4-10(17)6-14(11)18/h4-6,9,12-13H,2-3,7-8H2,1H3,(H,19,20)(H,21,22). The average Bonchev–Trinajstić information content (AvgIpc) is 3.23. The van der Waals surface area contributed by atoms with Gasteiger partial charge in [0.25, 0.3) is 0 Å². The van der Waals surface area contributed by atoms with Gasteiger partial charge in [0.2, 0.25) is 5.91 Å². The largest absolute Gasteiger partial charge is 0.481 e. The fourth-order valence-corrected chi connectivity index (χ4v) is 2.65. The number of carbonyl (C=O) groups is 2. The van der Waals surface area contributed by atoms with Crippen LogP contribution < -0.4 is 5.32 Å². The van der Waals surface area contributed by atoms with Crippen LogP contribution in [0.3, 0.4) is 0 Å². The molecule has 1 aromatic rings. The molecule has 1 aromatic carbocycles. The predicted octanol–water partition coefficient (Wildman–Crippen LogP) is 2.69. The van der Waals surface area contributed by atoms with Crippen LogP contribution >= 0.6 is 0 Å². The van der Waals surface area contributed by atoms with E-state index in [4.69, 9.17) is 5.11 Å². The second-order valence-electron chi connectivity index (χ2n) is 5.68. The number of nitrogens with one attached hydrogen (secondary N) is 1. The van der Waals surface area contributed by atoms with Crippen molar-refractivity contribution in [2.24, 2.45) is 11.8 Å². The van der Waals surface area contributed by atoms with Gasteiger partial charge in [0.1, 0.15) is 11.6 Å². The first-order chi connectivity index (χ1) is 10.4. The molecule has 0 aromatic heterocycles. The van der Waals surface area contributed by atoms with Crippen LogP contribution in [-0.4, -0.2) is 23.5 Å². The predicted molar refractivity (Wildman–Crippen MR) is 76.2 cm³/mol. The molecule has 6 heteroatoms. The number of carboxylic acid groups (broad SMARTS) is 1. The highest BCUT2D eigenvalue weighted by atomic mass is 19.1. The van der Waals surface area contributed by atoms with Gasteiger partial charge in [0.05, 0.1) is 5.92 Å². The van der Waals surface area contributed by atoms with E-state index >= 15 is 0 Å². The zero-order chi connectivity index (χ0) is 16.3. The Labute approximate surface area is 127 Å². The van der Waals surface area contributed by atoms with E-state index < -0.39 is 23.5 Å². The number of carboxylic acids is 1. The molecule has 0 aliphatic heterocycles. The number of carbonyl (C=O) groups excluding carboxylic acids is 1. The Morgan fingerprint density at radius 2 is 2.14 bits per heavy atom. The van der Waals surface area contributed by atoms with Gasteiger partial charge in [-0.3, -0.25) is 9.59 Å². The number of rotatable bonds is 7. The summed E-state index contributed by atoms with van der Waals surface area (Å²) in [7, 11) is 0. The van der Waals surface area contributed by atoms with Crippen molar-refractivity contribution >= 4 is 11.9 Å². The summed E-state index contributed by atoms with van der Waals surface area (Å²) < 4.78 is 26.5. The van der Waals surface area contributed by atoms with Crippen LogP contribution in [0.25, 0.3) is 0 Å². The quantitative estimate of drug-likeness (QED) is 0.813. The van der Waals surface area contributed by atoms with Crippen LogP contribution in [0, 0.1) is 23.5 Å². The first kappa shape index (κ1) is 16.4. The minimum Gasteiger partial charge on any atom is -0.481 e. The monoisotopic (exact) mass is 311 g/mol. The van der Waals surface area contributed by atoms with Gasteiger partial charge in [0, 0.05) is 18.5 Å². The molecule has 0 heterocycles. The van der Waals surface area contributed by atoms with E-state index in [0.29, 0.717) is 18.4 Å². The Hall–Kier alpha value is -1.98. The summed E-state index contributed by atoms with van der Waals surface area (Å²) in [5.74, 6) is -3.71. The molecule has 0 spiro atoms. The maximum atomic E-state index is 13.6. The van der Waals surface area contributed by atoms with Crippen molar-refractivity contribution in [2.45, 2.75) is 32.1 Å². The van der Waals surface area contributed by atoms with Crippen molar-refractivity contribution in [1.82, 2.24) is 5.32 Å². The lowest BCUT2D eigenvalue weighted by molar-refractivity contribution is -0.142. The summed E-state index contributed by atoms with van der Waals surface area (Å²) in [6.45, 7) is 1.96. The third-order valence-electron chi connectivity index (χ3n) is 4.00. The van der Waals surface area contributed by atoms with Gasteiger partial charge in [-0.05, 0) is 30.4 Å². The summed E-state index contributed by atoms with van der Waals surface area (Å²) in [5.41, 5.74) is 0.338. The molecule has 0 saturated heterocycles. The normalized spacial score (nSPS) is 21.2. The molecule has 1 aliphatic carbocycles. The molecule has 22 heavy (non-hydrogen) atoms.